The van der Waals surface area contributed by atoms with Gasteiger partial charge in [0.2, 0.25) is 0 Å². The van der Waals surface area contributed by atoms with E-state index in [1.54, 1.807) is 6.07 Å². The van der Waals surface area contributed by atoms with Gasteiger partial charge in [-0.3, -0.25) is 0 Å². The maximum absolute atomic E-state index is 9.17. The zero-order chi connectivity index (χ0) is 16.5. The molecule has 0 saturated carbocycles. The van der Waals surface area contributed by atoms with Crippen LogP contribution in [0.25, 0.3) is 32.7 Å². The fourth-order valence-corrected chi connectivity index (χ4v) is 3.11. The van der Waals surface area contributed by atoms with Gasteiger partial charge in [0.25, 0.3) is 0 Å². The highest BCUT2D eigenvalue weighted by Crippen LogP contribution is 2.36. The van der Waals surface area contributed by atoms with Gasteiger partial charge in [-0.2, -0.15) is 0 Å². The topological polar surface area (TPSA) is 49.7 Å². The van der Waals surface area contributed by atoms with Crippen molar-refractivity contribution in [2.45, 2.75) is 0 Å². The Bertz CT molecular complexity index is 1030. The monoisotopic (exact) mass is 314 g/mol. The van der Waals surface area contributed by atoms with E-state index in [-0.39, 0.29) is 0 Å². The van der Waals surface area contributed by atoms with Crippen molar-refractivity contribution in [2.75, 3.05) is 0 Å². The lowest BCUT2D eigenvalue weighted by molar-refractivity contribution is 0.288. The summed E-state index contributed by atoms with van der Waals surface area (Å²) in [5.74, 6) is 0.438. The smallest absolute Gasteiger partial charge is 0.512 e. The van der Waals surface area contributed by atoms with Crippen LogP contribution in [0.15, 0.2) is 78.9 Å². The molecule has 0 aliphatic heterocycles. The van der Waals surface area contributed by atoms with Crippen LogP contribution in [0.1, 0.15) is 0 Å². The predicted molar refractivity (Wildman–Crippen MR) is 97.7 cm³/mol. The molecule has 0 unspecified atom stereocenters. The number of rotatable bonds is 3. The van der Waals surface area contributed by atoms with Crippen LogP contribution >= 0.6 is 0 Å². The number of fused-ring (bicyclic) bond motifs is 2. The minimum absolute atomic E-state index is 0.438. The standard InChI is InChI=1S/C20H15BO3/c22-21(23)24-20-11-4-3-9-18(20)17-10-5-8-16-12-14-6-1-2-7-15(14)13-19(16)17/h1-13,22-23H. The normalized spacial score (nSPS) is 10.9. The van der Waals surface area contributed by atoms with Gasteiger partial charge in [-0.05, 0) is 45.3 Å². The predicted octanol–water partition coefficient (Wildman–Crippen LogP) is 4.01. The largest absolute Gasteiger partial charge is 0.707 e. The molecule has 0 spiro atoms. The Morgan fingerprint density at radius 1 is 0.625 bits per heavy atom. The summed E-state index contributed by atoms with van der Waals surface area (Å²) >= 11 is 0. The van der Waals surface area contributed by atoms with Gasteiger partial charge >= 0.3 is 7.32 Å². The Labute approximate surface area is 139 Å². The summed E-state index contributed by atoms with van der Waals surface area (Å²) in [6, 6.07) is 26.0. The fourth-order valence-electron chi connectivity index (χ4n) is 3.11. The van der Waals surface area contributed by atoms with Crippen LogP contribution in [0.5, 0.6) is 5.75 Å². The summed E-state index contributed by atoms with van der Waals surface area (Å²) in [6.07, 6.45) is 0. The van der Waals surface area contributed by atoms with E-state index in [1.807, 2.05) is 42.5 Å². The number of hydrogen-bond donors (Lipinski definition) is 2. The summed E-state index contributed by atoms with van der Waals surface area (Å²) in [7, 11) is -1.85. The molecule has 0 atom stereocenters. The van der Waals surface area contributed by atoms with Crippen LogP contribution in [0.3, 0.4) is 0 Å². The minimum atomic E-state index is -1.85. The van der Waals surface area contributed by atoms with Crippen LogP contribution in [-0.4, -0.2) is 17.4 Å². The van der Waals surface area contributed by atoms with Crippen molar-refractivity contribution >= 4 is 28.9 Å². The first kappa shape index (κ1) is 14.8. The Morgan fingerprint density at radius 2 is 1.25 bits per heavy atom. The third kappa shape index (κ3) is 2.62. The lowest BCUT2D eigenvalue weighted by atomic mass is 9.95. The van der Waals surface area contributed by atoms with Gasteiger partial charge < -0.3 is 14.7 Å². The van der Waals surface area contributed by atoms with E-state index in [0.717, 1.165) is 27.3 Å². The second kappa shape index (κ2) is 6.00. The molecule has 0 amide bonds. The van der Waals surface area contributed by atoms with E-state index in [1.165, 1.54) is 5.39 Å². The molecule has 0 aliphatic carbocycles. The van der Waals surface area contributed by atoms with Crippen molar-refractivity contribution in [1.29, 1.82) is 0 Å². The van der Waals surface area contributed by atoms with Gasteiger partial charge in [0, 0.05) is 5.56 Å². The van der Waals surface area contributed by atoms with E-state index >= 15 is 0 Å². The molecule has 4 aromatic rings. The summed E-state index contributed by atoms with van der Waals surface area (Å²) in [6.45, 7) is 0. The van der Waals surface area contributed by atoms with E-state index in [0.29, 0.717) is 5.75 Å². The molecule has 4 rings (SSSR count). The molecular weight excluding hydrogens is 299 g/mol. The zero-order valence-electron chi connectivity index (χ0n) is 12.9. The van der Waals surface area contributed by atoms with E-state index in [4.69, 9.17) is 14.7 Å². The first-order valence-corrected chi connectivity index (χ1v) is 7.76. The average Bonchev–Trinajstić information content (AvgIpc) is 2.59. The van der Waals surface area contributed by atoms with Gasteiger partial charge in [0.15, 0.2) is 0 Å². The molecule has 0 saturated heterocycles. The number of benzene rings is 4. The molecule has 0 bridgehead atoms. The van der Waals surface area contributed by atoms with Crippen LogP contribution in [0.4, 0.5) is 0 Å². The van der Waals surface area contributed by atoms with Crippen LogP contribution in [-0.2, 0) is 0 Å². The average molecular weight is 314 g/mol. The maximum Gasteiger partial charge on any atom is 0.707 e. The number of para-hydroxylation sites is 1. The molecule has 0 aromatic heterocycles. The van der Waals surface area contributed by atoms with Gasteiger partial charge in [-0.15, -0.1) is 0 Å². The molecule has 0 radical (unpaired) electrons. The first-order chi connectivity index (χ1) is 11.7. The van der Waals surface area contributed by atoms with Crippen molar-refractivity contribution in [1.82, 2.24) is 0 Å². The molecule has 3 nitrogen and oxygen atoms in total. The van der Waals surface area contributed by atoms with Gasteiger partial charge in [0.1, 0.15) is 5.75 Å². The molecule has 116 valence electrons. The highest BCUT2D eigenvalue weighted by Gasteiger charge is 2.16. The SMILES string of the molecule is OB(O)Oc1ccccc1-c1cccc2cc3ccccc3cc12. The third-order valence-electron chi connectivity index (χ3n) is 4.16. The molecule has 0 heterocycles. The van der Waals surface area contributed by atoms with E-state index in [9.17, 15) is 0 Å². The summed E-state index contributed by atoms with van der Waals surface area (Å²) < 4.78 is 5.15. The lowest BCUT2D eigenvalue weighted by Crippen LogP contribution is -2.20. The Morgan fingerprint density at radius 3 is 2.04 bits per heavy atom. The van der Waals surface area contributed by atoms with Crippen molar-refractivity contribution < 1.29 is 14.7 Å². The Kier molecular flexibility index (Phi) is 3.69. The molecule has 24 heavy (non-hydrogen) atoms. The van der Waals surface area contributed by atoms with Crippen molar-refractivity contribution in [3.05, 3.63) is 78.9 Å². The van der Waals surface area contributed by atoms with Crippen LogP contribution < -0.4 is 4.65 Å². The zero-order valence-corrected chi connectivity index (χ0v) is 12.9. The van der Waals surface area contributed by atoms with Crippen molar-refractivity contribution in [3.8, 4) is 16.9 Å². The van der Waals surface area contributed by atoms with E-state index in [2.05, 4.69) is 30.3 Å². The maximum atomic E-state index is 9.17. The molecule has 2 N–H and O–H groups in total. The quantitative estimate of drug-likeness (QED) is 0.444. The summed E-state index contributed by atoms with van der Waals surface area (Å²) in [5.41, 5.74) is 1.82. The second-order valence-electron chi connectivity index (χ2n) is 5.67. The van der Waals surface area contributed by atoms with E-state index < -0.39 is 7.32 Å². The molecular formula is C20H15BO3. The highest BCUT2D eigenvalue weighted by atomic mass is 16.6. The minimum Gasteiger partial charge on any atom is -0.512 e. The van der Waals surface area contributed by atoms with Crippen molar-refractivity contribution in [3.63, 3.8) is 0 Å². The molecule has 4 heteroatoms. The summed E-state index contributed by atoms with van der Waals surface area (Å²) in [4.78, 5) is 0. The Hall–Kier alpha value is -2.82. The fraction of sp³-hybridized carbons (Fsp3) is 0. The lowest BCUT2D eigenvalue weighted by Gasteiger charge is -2.13. The second-order valence-corrected chi connectivity index (χ2v) is 5.67. The first-order valence-electron chi connectivity index (χ1n) is 7.76. The number of hydrogen-bond acceptors (Lipinski definition) is 3. The van der Waals surface area contributed by atoms with Gasteiger partial charge in [-0.1, -0.05) is 60.7 Å². The molecule has 0 aliphatic rings. The molecule has 4 aromatic carbocycles. The third-order valence-corrected chi connectivity index (χ3v) is 4.16. The van der Waals surface area contributed by atoms with Crippen LogP contribution in [0.2, 0.25) is 0 Å². The summed E-state index contributed by atoms with van der Waals surface area (Å²) in [5, 5.41) is 22.9. The van der Waals surface area contributed by atoms with Gasteiger partial charge in [0.05, 0.1) is 0 Å². The highest BCUT2D eigenvalue weighted by molar-refractivity contribution is 6.34. The Balaban J connectivity index is 1.99. The van der Waals surface area contributed by atoms with Crippen molar-refractivity contribution in [2.24, 2.45) is 0 Å². The molecule has 0 fully saturated rings. The van der Waals surface area contributed by atoms with Gasteiger partial charge in [-0.25, -0.2) is 0 Å². The van der Waals surface area contributed by atoms with Crippen LogP contribution in [0, 0.1) is 0 Å².